The zero-order valence-corrected chi connectivity index (χ0v) is 12.6. The maximum atomic E-state index is 13.0. The molecule has 2 heterocycles. The molecule has 0 aliphatic carbocycles. The van der Waals surface area contributed by atoms with Gasteiger partial charge in [-0.25, -0.2) is 9.07 Å². The van der Waals surface area contributed by atoms with Gasteiger partial charge in [-0.2, -0.15) is 0 Å². The fraction of sp³-hybridized carbons (Fsp3) is 0.400. The quantitative estimate of drug-likeness (QED) is 0.894. The number of methoxy groups -OCH3 is 1. The number of aliphatic hydroxyl groups excluding tert-OH is 1. The Morgan fingerprint density at radius 1 is 1.43 bits per heavy atom. The summed E-state index contributed by atoms with van der Waals surface area (Å²) in [6.07, 6.45) is 1.98. The number of hydrogen-bond donors (Lipinski definition) is 1. The molecule has 1 aliphatic heterocycles. The van der Waals surface area contributed by atoms with Crippen LogP contribution in [0.1, 0.15) is 16.9 Å². The van der Waals surface area contributed by atoms with Crippen LogP contribution in [0.15, 0.2) is 30.5 Å². The summed E-state index contributed by atoms with van der Waals surface area (Å²) in [5, 5.41) is 17.2. The minimum Gasteiger partial charge on any atom is -0.394 e. The first-order valence-electron chi connectivity index (χ1n) is 7.25. The molecule has 7 nitrogen and oxygen atoms in total. The lowest BCUT2D eigenvalue weighted by Gasteiger charge is -2.21. The number of amides is 1. The van der Waals surface area contributed by atoms with Gasteiger partial charge >= 0.3 is 0 Å². The minimum atomic E-state index is -0.348. The highest BCUT2D eigenvalue weighted by molar-refractivity contribution is 5.92. The molecule has 122 valence electrons. The third-order valence-electron chi connectivity index (χ3n) is 3.98. The molecule has 3 rings (SSSR count). The zero-order chi connectivity index (χ0) is 16.4. The molecule has 1 aromatic carbocycles. The molecule has 1 aromatic heterocycles. The number of halogens is 1. The van der Waals surface area contributed by atoms with Crippen LogP contribution in [0.2, 0.25) is 0 Å². The molecule has 1 aliphatic rings. The Morgan fingerprint density at radius 2 is 2.17 bits per heavy atom. The van der Waals surface area contributed by atoms with E-state index < -0.39 is 0 Å². The smallest absolute Gasteiger partial charge is 0.276 e. The number of carbonyl (C=O) groups is 1. The summed E-state index contributed by atoms with van der Waals surface area (Å²) in [5.74, 6) is -0.657. The number of aliphatic hydroxyl groups is 1. The summed E-state index contributed by atoms with van der Waals surface area (Å²) in [5.41, 5.74) is 0.775. The predicted molar refractivity (Wildman–Crippen MR) is 78.6 cm³/mol. The molecule has 0 unspecified atom stereocenters. The standard InChI is InChI=1S/C15H17FN4O3/c1-23-13-6-12(9-21)19(7-13)15(22)14-8-20(18-17-14)11-4-2-10(16)3-5-11/h2-5,8,12-13,21H,6-7,9H2,1H3/t12-,13-/m0/s1. The monoisotopic (exact) mass is 320 g/mol. The highest BCUT2D eigenvalue weighted by Crippen LogP contribution is 2.21. The molecule has 0 bridgehead atoms. The first kappa shape index (κ1) is 15.6. The Kier molecular flexibility index (Phi) is 4.35. The number of rotatable bonds is 4. The maximum Gasteiger partial charge on any atom is 0.276 e. The number of likely N-dealkylation sites (tertiary alicyclic amines) is 1. The van der Waals surface area contributed by atoms with Crippen molar-refractivity contribution in [1.82, 2.24) is 19.9 Å². The summed E-state index contributed by atoms with van der Waals surface area (Å²) in [7, 11) is 1.58. The number of ether oxygens (including phenoxy) is 1. The fourth-order valence-electron chi connectivity index (χ4n) is 2.70. The first-order valence-corrected chi connectivity index (χ1v) is 7.25. The SMILES string of the molecule is CO[C@H]1C[C@@H](CO)N(C(=O)c2cn(-c3ccc(F)cc3)nn2)C1. The van der Waals surface area contributed by atoms with Crippen molar-refractivity contribution in [2.45, 2.75) is 18.6 Å². The summed E-state index contributed by atoms with van der Waals surface area (Å²) in [6.45, 7) is 0.279. The van der Waals surface area contributed by atoms with Crippen LogP contribution >= 0.6 is 0 Å². The number of benzene rings is 1. The normalized spacial score (nSPS) is 20.9. The van der Waals surface area contributed by atoms with Gasteiger partial charge in [-0.05, 0) is 30.7 Å². The molecule has 1 N–H and O–H groups in total. The molecule has 8 heteroatoms. The van der Waals surface area contributed by atoms with Crippen LogP contribution in [0, 0.1) is 5.82 Å². The third-order valence-corrected chi connectivity index (χ3v) is 3.98. The molecule has 2 aromatic rings. The summed E-state index contributed by atoms with van der Waals surface area (Å²) in [6, 6.07) is 5.42. The van der Waals surface area contributed by atoms with Gasteiger partial charge < -0.3 is 14.7 Å². The molecule has 0 radical (unpaired) electrons. The molecular formula is C15H17FN4O3. The van der Waals surface area contributed by atoms with Crippen LogP contribution in [-0.4, -0.2) is 63.3 Å². The number of hydrogen-bond acceptors (Lipinski definition) is 5. The third kappa shape index (κ3) is 3.08. The lowest BCUT2D eigenvalue weighted by atomic mass is 10.2. The first-order chi connectivity index (χ1) is 11.1. The van der Waals surface area contributed by atoms with Crippen molar-refractivity contribution in [3.05, 3.63) is 42.0 Å². The van der Waals surface area contributed by atoms with E-state index in [2.05, 4.69) is 10.3 Å². The molecule has 0 spiro atoms. The largest absolute Gasteiger partial charge is 0.394 e. The van der Waals surface area contributed by atoms with Crippen LogP contribution in [0.4, 0.5) is 4.39 Å². The van der Waals surface area contributed by atoms with E-state index in [9.17, 15) is 14.3 Å². The highest BCUT2D eigenvalue weighted by Gasteiger charge is 2.36. The van der Waals surface area contributed by atoms with Crippen molar-refractivity contribution in [3.63, 3.8) is 0 Å². The van der Waals surface area contributed by atoms with Crippen molar-refractivity contribution < 1.29 is 19.0 Å². The number of aromatic nitrogens is 3. The Bertz CT molecular complexity index is 688. The van der Waals surface area contributed by atoms with Crippen LogP contribution in [-0.2, 0) is 4.74 Å². The van der Waals surface area contributed by atoms with Gasteiger partial charge in [0.2, 0.25) is 0 Å². The second-order valence-electron chi connectivity index (χ2n) is 5.41. The Morgan fingerprint density at radius 3 is 2.83 bits per heavy atom. The van der Waals surface area contributed by atoms with E-state index in [0.717, 1.165) is 0 Å². The van der Waals surface area contributed by atoms with Crippen molar-refractivity contribution >= 4 is 5.91 Å². The van der Waals surface area contributed by atoms with E-state index in [-0.39, 0.29) is 36.2 Å². The summed E-state index contributed by atoms with van der Waals surface area (Å²) < 4.78 is 19.6. The molecule has 0 saturated carbocycles. The summed E-state index contributed by atoms with van der Waals surface area (Å²) >= 11 is 0. The van der Waals surface area contributed by atoms with Crippen molar-refractivity contribution in [3.8, 4) is 5.69 Å². The van der Waals surface area contributed by atoms with E-state index in [1.165, 1.54) is 23.0 Å². The molecule has 1 amide bonds. The Hall–Kier alpha value is -2.32. The van der Waals surface area contributed by atoms with Gasteiger partial charge in [0.05, 0.1) is 30.6 Å². The molecule has 1 saturated heterocycles. The van der Waals surface area contributed by atoms with Crippen LogP contribution in [0.3, 0.4) is 0 Å². The molecule has 1 fully saturated rings. The Labute approximate surface area is 132 Å². The van der Waals surface area contributed by atoms with Crippen LogP contribution < -0.4 is 0 Å². The topological polar surface area (TPSA) is 80.5 Å². The van der Waals surface area contributed by atoms with Crippen molar-refractivity contribution in [2.75, 3.05) is 20.3 Å². The van der Waals surface area contributed by atoms with Crippen LogP contribution in [0.25, 0.3) is 5.69 Å². The van der Waals surface area contributed by atoms with E-state index in [4.69, 9.17) is 4.74 Å². The van der Waals surface area contributed by atoms with Crippen molar-refractivity contribution in [2.24, 2.45) is 0 Å². The fourth-order valence-corrected chi connectivity index (χ4v) is 2.70. The number of nitrogens with zero attached hydrogens (tertiary/aromatic N) is 4. The lowest BCUT2D eigenvalue weighted by Crippen LogP contribution is -2.38. The average Bonchev–Trinajstić information content (AvgIpc) is 3.21. The van der Waals surface area contributed by atoms with Gasteiger partial charge in [-0.3, -0.25) is 4.79 Å². The van der Waals surface area contributed by atoms with Crippen LogP contribution in [0.5, 0.6) is 0 Å². The van der Waals surface area contributed by atoms with Gasteiger partial charge in [-0.1, -0.05) is 5.21 Å². The van der Waals surface area contributed by atoms with E-state index >= 15 is 0 Å². The van der Waals surface area contributed by atoms with Gasteiger partial charge in [-0.15, -0.1) is 5.10 Å². The average molecular weight is 320 g/mol. The maximum absolute atomic E-state index is 13.0. The van der Waals surface area contributed by atoms with Gasteiger partial charge in [0.15, 0.2) is 5.69 Å². The minimum absolute atomic E-state index is 0.0942. The molecule has 23 heavy (non-hydrogen) atoms. The van der Waals surface area contributed by atoms with Gasteiger partial charge in [0, 0.05) is 13.7 Å². The predicted octanol–water partition coefficient (Wildman–Crippen LogP) is 0.628. The van der Waals surface area contributed by atoms with E-state index in [0.29, 0.717) is 18.7 Å². The van der Waals surface area contributed by atoms with E-state index in [1.54, 1.807) is 24.1 Å². The zero-order valence-electron chi connectivity index (χ0n) is 12.6. The summed E-state index contributed by atoms with van der Waals surface area (Å²) in [4.78, 5) is 14.1. The Balaban J connectivity index is 1.79. The number of carbonyl (C=O) groups excluding carboxylic acids is 1. The van der Waals surface area contributed by atoms with Crippen molar-refractivity contribution in [1.29, 1.82) is 0 Å². The molecule has 2 atom stereocenters. The molecular weight excluding hydrogens is 303 g/mol. The van der Waals surface area contributed by atoms with Gasteiger partial charge in [0.25, 0.3) is 5.91 Å². The highest BCUT2D eigenvalue weighted by atomic mass is 19.1. The second kappa shape index (κ2) is 6.43. The lowest BCUT2D eigenvalue weighted by molar-refractivity contribution is 0.0642. The van der Waals surface area contributed by atoms with Gasteiger partial charge in [0.1, 0.15) is 5.82 Å². The second-order valence-corrected chi connectivity index (χ2v) is 5.41. The van der Waals surface area contributed by atoms with E-state index in [1.807, 2.05) is 0 Å².